The van der Waals surface area contributed by atoms with Crippen LogP contribution in [0.4, 0.5) is 0 Å². The summed E-state index contributed by atoms with van der Waals surface area (Å²) in [5.41, 5.74) is 2.16. The number of likely N-dealkylation sites (tertiary alicyclic amines) is 1. The van der Waals surface area contributed by atoms with Crippen LogP contribution >= 0.6 is 0 Å². The molecule has 1 amide bonds. The summed E-state index contributed by atoms with van der Waals surface area (Å²) in [4.78, 5) is 13.9. The SMILES string of the molecule is COCCN1C[C@@H](Cc2ccc(C3(C#N)CCCC3)cc2)CC1=O. The summed E-state index contributed by atoms with van der Waals surface area (Å²) < 4.78 is 5.07. The average Bonchev–Trinajstić information content (AvgIpc) is 3.21. The molecule has 24 heavy (non-hydrogen) atoms. The van der Waals surface area contributed by atoms with Gasteiger partial charge in [0.25, 0.3) is 0 Å². The van der Waals surface area contributed by atoms with Gasteiger partial charge in [-0.2, -0.15) is 5.26 Å². The van der Waals surface area contributed by atoms with Crippen molar-refractivity contribution in [2.45, 2.75) is 43.9 Å². The molecule has 128 valence electrons. The van der Waals surface area contributed by atoms with Crippen molar-refractivity contribution in [3.05, 3.63) is 35.4 Å². The zero-order valence-electron chi connectivity index (χ0n) is 14.5. The highest BCUT2D eigenvalue weighted by Gasteiger charge is 2.35. The Hall–Kier alpha value is -1.86. The maximum absolute atomic E-state index is 12.0. The summed E-state index contributed by atoms with van der Waals surface area (Å²) in [7, 11) is 1.66. The Kier molecular flexibility index (Phi) is 5.20. The topological polar surface area (TPSA) is 53.3 Å². The molecule has 1 aromatic carbocycles. The molecule has 3 rings (SSSR count). The van der Waals surface area contributed by atoms with Gasteiger partial charge in [-0.15, -0.1) is 0 Å². The van der Waals surface area contributed by atoms with Gasteiger partial charge in [-0.05, 0) is 36.3 Å². The molecule has 0 radical (unpaired) electrons. The molecule has 1 saturated heterocycles. The van der Waals surface area contributed by atoms with Crippen LogP contribution in [-0.4, -0.2) is 37.6 Å². The number of methoxy groups -OCH3 is 1. The molecule has 1 heterocycles. The van der Waals surface area contributed by atoms with Gasteiger partial charge in [0.2, 0.25) is 5.91 Å². The first-order valence-electron chi connectivity index (χ1n) is 8.94. The van der Waals surface area contributed by atoms with Crippen molar-refractivity contribution in [2.75, 3.05) is 26.8 Å². The van der Waals surface area contributed by atoms with Crippen LogP contribution in [0.3, 0.4) is 0 Å². The molecule has 0 aromatic heterocycles. The first kappa shape index (κ1) is 17.0. The lowest BCUT2D eigenvalue weighted by molar-refractivity contribution is -0.128. The second-order valence-corrected chi connectivity index (χ2v) is 7.20. The van der Waals surface area contributed by atoms with E-state index >= 15 is 0 Å². The first-order chi connectivity index (χ1) is 11.7. The predicted molar refractivity (Wildman–Crippen MR) is 92.5 cm³/mol. The van der Waals surface area contributed by atoms with Crippen molar-refractivity contribution in [1.29, 1.82) is 5.26 Å². The van der Waals surface area contributed by atoms with Crippen LogP contribution < -0.4 is 0 Å². The van der Waals surface area contributed by atoms with E-state index in [0.29, 0.717) is 25.5 Å². The molecule has 1 aliphatic heterocycles. The van der Waals surface area contributed by atoms with E-state index in [1.807, 2.05) is 4.90 Å². The maximum Gasteiger partial charge on any atom is 0.223 e. The summed E-state index contributed by atoms with van der Waals surface area (Å²) in [6.07, 6.45) is 5.82. The van der Waals surface area contributed by atoms with Crippen LogP contribution in [0.5, 0.6) is 0 Å². The van der Waals surface area contributed by atoms with Gasteiger partial charge in [0.1, 0.15) is 0 Å². The van der Waals surface area contributed by atoms with Gasteiger partial charge in [-0.3, -0.25) is 4.79 Å². The van der Waals surface area contributed by atoms with E-state index in [4.69, 9.17) is 4.74 Å². The molecule has 0 N–H and O–H groups in total. The molecule has 1 saturated carbocycles. The number of ether oxygens (including phenoxy) is 1. The third kappa shape index (κ3) is 3.47. The lowest BCUT2D eigenvalue weighted by Gasteiger charge is -2.21. The lowest BCUT2D eigenvalue weighted by Crippen LogP contribution is -2.28. The number of nitriles is 1. The van der Waals surface area contributed by atoms with Gasteiger partial charge >= 0.3 is 0 Å². The van der Waals surface area contributed by atoms with Crippen LogP contribution in [0.2, 0.25) is 0 Å². The Balaban J connectivity index is 1.61. The van der Waals surface area contributed by atoms with Crippen molar-refractivity contribution in [2.24, 2.45) is 5.92 Å². The summed E-state index contributed by atoms with van der Waals surface area (Å²) >= 11 is 0. The minimum atomic E-state index is -0.265. The molecule has 1 atom stereocenters. The largest absolute Gasteiger partial charge is 0.383 e. The van der Waals surface area contributed by atoms with Crippen molar-refractivity contribution < 1.29 is 9.53 Å². The van der Waals surface area contributed by atoms with Crippen LogP contribution in [0.15, 0.2) is 24.3 Å². The smallest absolute Gasteiger partial charge is 0.223 e. The fraction of sp³-hybridized carbons (Fsp3) is 0.600. The highest BCUT2D eigenvalue weighted by molar-refractivity contribution is 5.78. The number of carbonyl (C=O) groups is 1. The number of nitrogens with zero attached hydrogens (tertiary/aromatic N) is 2. The first-order valence-corrected chi connectivity index (χ1v) is 8.94. The Bertz CT molecular complexity index is 612. The van der Waals surface area contributed by atoms with Gasteiger partial charge in [0.15, 0.2) is 0 Å². The highest BCUT2D eigenvalue weighted by Crippen LogP contribution is 2.40. The Morgan fingerprint density at radius 2 is 2.00 bits per heavy atom. The maximum atomic E-state index is 12.0. The van der Waals surface area contributed by atoms with Crippen molar-refractivity contribution in [3.63, 3.8) is 0 Å². The molecule has 0 unspecified atom stereocenters. The Labute approximate surface area is 144 Å². The Morgan fingerprint density at radius 3 is 2.62 bits per heavy atom. The monoisotopic (exact) mass is 326 g/mol. The molecular weight excluding hydrogens is 300 g/mol. The summed E-state index contributed by atoms with van der Waals surface area (Å²) in [6, 6.07) is 11.1. The normalized spacial score (nSPS) is 22.8. The van der Waals surface area contributed by atoms with E-state index in [1.165, 1.54) is 5.56 Å². The van der Waals surface area contributed by atoms with E-state index in [0.717, 1.165) is 44.2 Å². The molecule has 4 heteroatoms. The van der Waals surface area contributed by atoms with E-state index in [9.17, 15) is 10.1 Å². The molecule has 0 spiro atoms. The molecule has 1 aliphatic carbocycles. The number of carbonyl (C=O) groups excluding carboxylic acids is 1. The van der Waals surface area contributed by atoms with Crippen LogP contribution in [0.1, 0.15) is 43.2 Å². The second-order valence-electron chi connectivity index (χ2n) is 7.20. The van der Waals surface area contributed by atoms with Gasteiger partial charge < -0.3 is 9.64 Å². The van der Waals surface area contributed by atoms with Gasteiger partial charge in [0.05, 0.1) is 18.1 Å². The fourth-order valence-corrected chi connectivity index (χ4v) is 4.15. The fourth-order valence-electron chi connectivity index (χ4n) is 4.15. The zero-order chi connectivity index (χ0) is 17.0. The number of hydrogen-bond acceptors (Lipinski definition) is 3. The quantitative estimate of drug-likeness (QED) is 0.807. The third-order valence-electron chi connectivity index (χ3n) is 5.56. The van der Waals surface area contributed by atoms with Gasteiger partial charge in [0, 0.05) is 26.6 Å². The van der Waals surface area contributed by atoms with E-state index in [1.54, 1.807) is 7.11 Å². The Morgan fingerprint density at radius 1 is 1.29 bits per heavy atom. The minimum Gasteiger partial charge on any atom is -0.383 e. The summed E-state index contributed by atoms with van der Waals surface area (Å²) in [5, 5.41) is 9.60. The summed E-state index contributed by atoms with van der Waals surface area (Å²) in [5.74, 6) is 0.625. The number of hydrogen-bond donors (Lipinski definition) is 0. The molecular formula is C20H26N2O2. The summed E-state index contributed by atoms with van der Waals surface area (Å²) in [6.45, 7) is 2.12. The standard InChI is InChI=1S/C20H26N2O2/c1-24-11-10-22-14-17(13-19(22)23)12-16-4-6-18(7-5-16)20(15-21)8-2-3-9-20/h4-7,17H,2-3,8-14H2,1H3/t17-/m0/s1. The van der Waals surface area contributed by atoms with Crippen molar-refractivity contribution in [1.82, 2.24) is 4.90 Å². The second kappa shape index (κ2) is 7.36. The number of benzene rings is 1. The van der Waals surface area contributed by atoms with Crippen molar-refractivity contribution >= 4 is 5.91 Å². The number of rotatable bonds is 6. The number of amides is 1. The van der Waals surface area contributed by atoms with Crippen molar-refractivity contribution in [3.8, 4) is 6.07 Å². The minimum absolute atomic E-state index is 0.239. The third-order valence-corrected chi connectivity index (χ3v) is 5.56. The zero-order valence-corrected chi connectivity index (χ0v) is 14.5. The van der Waals surface area contributed by atoms with E-state index in [-0.39, 0.29) is 11.3 Å². The molecule has 2 fully saturated rings. The average molecular weight is 326 g/mol. The molecule has 4 nitrogen and oxygen atoms in total. The molecule has 1 aromatic rings. The van der Waals surface area contributed by atoms with Gasteiger partial charge in [-0.25, -0.2) is 0 Å². The van der Waals surface area contributed by atoms with Gasteiger partial charge in [-0.1, -0.05) is 37.1 Å². The molecule has 2 aliphatic rings. The predicted octanol–water partition coefficient (Wildman–Crippen LogP) is 3.06. The molecule has 0 bridgehead atoms. The highest BCUT2D eigenvalue weighted by atomic mass is 16.5. The van der Waals surface area contributed by atoms with Crippen LogP contribution in [-0.2, 0) is 21.4 Å². The van der Waals surface area contributed by atoms with Crippen LogP contribution in [0.25, 0.3) is 0 Å². The lowest BCUT2D eigenvalue weighted by atomic mass is 9.80. The van der Waals surface area contributed by atoms with E-state index < -0.39 is 0 Å². The van der Waals surface area contributed by atoms with E-state index in [2.05, 4.69) is 30.3 Å². The van der Waals surface area contributed by atoms with Crippen LogP contribution in [0, 0.1) is 17.2 Å².